The number of likely N-dealkylation sites (N-methyl/N-ethyl adjacent to an activating group) is 1. The van der Waals surface area contributed by atoms with E-state index in [9.17, 15) is 0 Å². The van der Waals surface area contributed by atoms with E-state index in [4.69, 9.17) is 4.74 Å². The Kier molecular flexibility index (Phi) is 7.38. The normalized spacial score (nSPS) is 13.1. The van der Waals surface area contributed by atoms with E-state index in [0.717, 1.165) is 13.1 Å². The molecule has 0 saturated carbocycles. The Morgan fingerprint density at radius 2 is 2.00 bits per heavy atom. The van der Waals surface area contributed by atoms with Gasteiger partial charge in [0.1, 0.15) is 0 Å². The quantitative estimate of drug-likeness (QED) is 0.561. The first-order valence-electron chi connectivity index (χ1n) is 6.76. The molecular formula is C16H25NO. The molecule has 1 rings (SSSR count). The van der Waals surface area contributed by atoms with E-state index < -0.39 is 0 Å². The lowest BCUT2D eigenvalue weighted by Gasteiger charge is -2.12. The van der Waals surface area contributed by atoms with E-state index in [1.807, 2.05) is 19.1 Å². The molecule has 0 saturated heterocycles. The average Bonchev–Trinajstić information content (AvgIpc) is 2.41. The maximum Gasteiger partial charge on any atom is 0.0721 e. The van der Waals surface area contributed by atoms with Crippen molar-refractivity contribution in [2.45, 2.75) is 33.3 Å². The Labute approximate surface area is 111 Å². The molecule has 0 fully saturated rings. The van der Waals surface area contributed by atoms with Crippen LogP contribution in [0.3, 0.4) is 0 Å². The van der Waals surface area contributed by atoms with Crippen molar-refractivity contribution in [1.82, 2.24) is 5.32 Å². The second kappa shape index (κ2) is 8.90. The summed E-state index contributed by atoms with van der Waals surface area (Å²) < 4.78 is 5.53. The summed E-state index contributed by atoms with van der Waals surface area (Å²) in [5, 5.41) is 3.38. The highest BCUT2D eigenvalue weighted by Crippen LogP contribution is 2.15. The maximum atomic E-state index is 5.53. The van der Waals surface area contributed by atoms with Crippen LogP contribution >= 0.6 is 0 Å². The molecule has 0 aromatic heterocycles. The van der Waals surface area contributed by atoms with Crippen molar-refractivity contribution in [2.24, 2.45) is 0 Å². The van der Waals surface area contributed by atoms with Gasteiger partial charge in [0.25, 0.3) is 0 Å². The maximum absolute atomic E-state index is 5.53. The Bertz CT molecular complexity index is 343. The number of rotatable bonds is 8. The third kappa shape index (κ3) is 5.48. The predicted octanol–water partition coefficient (Wildman–Crippen LogP) is 3.49. The molecule has 1 atom stereocenters. The molecule has 1 aromatic rings. The summed E-state index contributed by atoms with van der Waals surface area (Å²) >= 11 is 0. The number of benzene rings is 1. The molecule has 100 valence electrons. The van der Waals surface area contributed by atoms with Crippen molar-refractivity contribution in [2.75, 3.05) is 19.7 Å². The summed E-state index contributed by atoms with van der Waals surface area (Å²) in [5.41, 5.74) is 2.62. The predicted molar refractivity (Wildman–Crippen MR) is 77.9 cm³/mol. The first-order chi connectivity index (χ1) is 8.77. The second-order valence-corrected chi connectivity index (χ2v) is 4.53. The van der Waals surface area contributed by atoms with Crippen molar-refractivity contribution < 1.29 is 4.74 Å². The zero-order valence-electron chi connectivity index (χ0n) is 11.8. The SMILES string of the molecule is C/C=C/COCc1ccc(C(C)CNCC)cc1. The third-order valence-corrected chi connectivity index (χ3v) is 2.97. The van der Waals surface area contributed by atoms with Gasteiger partial charge in [-0.2, -0.15) is 0 Å². The molecule has 0 bridgehead atoms. The highest BCUT2D eigenvalue weighted by atomic mass is 16.5. The smallest absolute Gasteiger partial charge is 0.0721 e. The minimum Gasteiger partial charge on any atom is -0.373 e. The van der Waals surface area contributed by atoms with Gasteiger partial charge in [0.05, 0.1) is 13.2 Å². The zero-order valence-corrected chi connectivity index (χ0v) is 11.8. The van der Waals surface area contributed by atoms with Gasteiger partial charge in [-0.3, -0.25) is 0 Å². The van der Waals surface area contributed by atoms with E-state index in [2.05, 4.69) is 43.4 Å². The summed E-state index contributed by atoms with van der Waals surface area (Å²) in [4.78, 5) is 0. The van der Waals surface area contributed by atoms with Crippen molar-refractivity contribution in [3.63, 3.8) is 0 Å². The average molecular weight is 247 g/mol. The fourth-order valence-corrected chi connectivity index (χ4v) is 1.76. The van der Waals surface area contributed by atoms with Crippen LogP contribution in [0.2, 0.25) is 0 Å². The Morgan fingerprint density at radius 3 is 2.61 bits per heavy atom. The molecule has 0 aliphatic rings. The minimum absolute atomic E-state index is 0.558. The zero-order chi connectivity index (χ0) is 13.2. The van der Waals surface area contributed by atoms with Gasteiger partial charge in [-0.1, -0.05) is 50.3 Å². The molecule has 1 aromatic carbocycles. The fraction of sp³-hybridized carbons (Fsp3) is 0.500. The monoisotopic (exact) mass is 247 g/mol. The van der Waals surface area contributed by atoms with Crippen molar-refractivity contribution in [1.29, 1.82) is 0 Å². The van der Waals surface area contributed by atoms with Gasteiger partial charge in [-0.05, 0) is 30.5 Å². The minimum atomic E-state index is 0.558. The van der Waals surface area contributed by atoms with Crippen molar-refractivity contribution >= 4 is 0 Å². The molecule has 1 N–H and O–H groups in total. The standard InChI is InChI=1S/C16H25NO/c1-4-6-11-18-13-15-7-9-16(10-8-15)14(3)12-17-5-2/h4,6-10,14,17H,5,11-13H2,1-3H3/b6-4+. The van der Waals surface area contributed by atoms with E-state index in [0.29, 0.717) is 19.1 Å². The van der Waals surface area contributed by atoms with Gasteiger partial charge in [0.2, 0.25) is 0 Å². The van der Waals surface area contributed by atoms with E-state index >= 15 is 0 Å². The van der Waals surface area contributed by atoms with Crippen LogP contribution in [-0.4, -0.2) is 19.7 Å². The lowest BCUT2D eigenvalue weighted by molar-refractivity contribution is 0.148. The van der Waals surface area contributed by atoms with Crippen LogP contribution in [0.25, 0.3) is 0 Å². The van der Waals surface area contributed by atoms with Gasteiger partial charge in [-0.15, -0.1) is 0 Å². The molecule has 0 aliphatic carbocycles. The van der Waals surface area contributed by atoms with E-state index in [1.54, 1.807) is 0 Å². The van der Waals surface area contributed by atoms with Crippen molar-refractivity contribution in [3.8, 4) is 0 Å². The number of hydrogen-bond donors (Lipinski definition) is 1. The largest absolute Gasteiger partial charge is 0.373 e. The summed E-state index contributed by atoms with van der Waals surface area (Å²) in [6.07, 6.45) is 4.03. The molecule has 0 radical (unpaired) electrons. The molecule has 0 aliphatic heterocycles. The molecule has 0 amide bonds. The fourth-order valence-electron chi connectivity index (χ4n) is 1.76. The molecule has 0 spiro atoms. The Hall–Kier alpha value is -1.12. The number of nitrogens with one attached hydrogen (secondary N) is 1. The van der Waals surface area contributed by atoms with E-state index in [1.165, 1.54) is 11.1 Å². The Morgan fingerprint density at radius 1 is 1.28 bits per heavy atom. The number of ether oxygens (including phenoxy) is 1. The van der Waals surface area contributed by atoms with Crippen LogP contribution in [0, 0.1) is 0 Å². The molecule has 2 nitrogen and oxygen atoms in total. The lowest BCUT2D eigenvalue weighted by atomic mass is 10.00. The van der Waals surface area contributed by atoms with Crippen LogP contribution < -0.4 is 5.32 Å². The highest BCUT2D eigenvalue weighted by Gasteiger charge is 2.04. The topological polar surface area (TPSA) is 21.3 Å². The van der Waals surface area contributed by atoms with Gasteiger partial charge in [-0.25, -0.2) is 0 Å². The molecular weight excluding hydrogens is 222 g/mol. The third-order valence-electron chi connectivity index (χ3n) is 2.97. The molecule has 2 heteroatoms. The van der Waals surface area contributed by atoms with Crippen LogP contribution in [0.5, 0.6) is 0 Å². The van der Waals surface area contributed by atoms with Crippen molar-refractivity contribution in [3.05, 3.63) is 47.5 Å². The number of allylic oxidation sites excluding steroid dienone is 1. The first-order valence-corrected chi connectivity index (χ1v) is 6.76. The highest BCUT2D eigenvalue weighted by molar-refractivity contribution is 5.24. The molecule has 0 heterocycles. The summed E-state index contributed by atoms with van der Waals surface area (Å²) in [6, 6.07) is 8.73. The molecule has 18 heavy (non-hydrogen) atoms. The van der Waals surface area contributed by atoms with Crippen LogP contribution in [-0.2, 0) is 11.3 Å². The van der Waals surface area contributed by atoms with Gasteiger partial charge < -0.3 is 10.1 Å². The second-order valence-electron chi connectivity index (χ2n) is 4.53. The Balaban J connectivity index is 2.41. The summed E-state index contributed by atoms with van der Waals surface area (Å²) in [5.74, 6) is 0.558. The van der Waals surface area contributed by atoms with Gasteiger partial charge >= 0.3 is 0 Å². The van der Waals surface area contributed by atoms with Gasteiger partial charge in [0.15, 0.2) is 0 Å². The number of hydrogen-bond acceptors (Lipinski definition) is 2. The van der Waals surface area contributed by atoms with Crippen LogP contribution in [0.15, 0.2) is 36.4 Å². The van der Waals surface area contributed by atoms with E-state index in [-0.39, 0.29) is 0 Å². The first kappa shape index (κ1) is 14.9. The summed E-state index contributed by atoms with van der Waals surface area (Å²) in [7, 11) is 0. The lowest BCUT2D eigenvalue weighted by Crippen LogP contribution is -2.19. The van der Waals surface area contributed by atoms with Gasteiger partial charge in [0, 0.05) is 6.54 Å². The molecule has 1 unspecified atom stereocenters. The van der Waals surface area contributed by atoms with Crippen LogP contribution in [0.4, 0.5) is 0 Å². The van der Waals surface area contributed by atoms with Crippen LogP contribution in [0.1, 0.15) is 37.8 Å². The summed E-state index contributed by atoms with van der Waals surface area (Å²) in [6.45, 7) is 9.83.